The zero-order valence-corrected chi connectivity index (χ0v) is 21.5. The summed E-state index contributed by atoms with van der Waals surface area (Å²) >= 11 is 0. The van der Waals surface area contributed by atoms with Crippen molar-refractivity contribution in [3.05, 3.63) is 45.2 Å². The van der Waals surface area contributed by atoms with Gasteiger partial charge in [0.1, 0.15) is 29.5 Å². The number of phenolic OH excluding ortho intramolecular Hbond substituents is 2. The topological polar surface area (TPSA) is 206 Å². The van der Waals surface area contributed by atoms with E-state index < -0.39 is 95.7 Å². The number of aliphatic hydroxyl groups excluding tert-OH is 2. The van der Waals surface area contributed by atoms with Gasteiger partial charge in [0.05, 0.1) is 42.1 Å². The second-order valence-corrected chi connectivity index (χ2v) is 10.4. The van der Waals surface area contributed by atoms with Crippen LogP contribution >= 0.6 is 0 Å². The Bertz CT molecular complexity index is 1320. The Balaban J connectivity index is 1.69. The van der Waals surface area contributed by atoms with E-state index in [4.69, 9.17) is 19.9 Å². The maximum Gasteiger partial charge on any atom is 0.201 e. The first-order valence-electron chi connectivity index (χ1n) is 12.7. The van der Waals surface area contributed by atoms with Crippen molar-refractivity contribution in [3.8, 4) is 11.5 Å². The van der Waals surface area contributed by atoms with E-state index in [1.807, 2.05) is 0 Å². The summed E-state index contributed by atoms with van der Waals surface area (Å²) in [5.41, 5.74) is 2.67. The Kier molecular flexibility index (Phi) is 6.90. The average molecular weight is 546 g/mol. The largest absolute Gasteiger partial charge is 0.507 e. The molecule has 3 aliphatic carbocycles. The summed E-state index contributed by atoms with van der Waals surface area (Å²) in [6.07, 6.45) is -2.70. The number of allylic oxidation sites excluding steroid dienone is 4. The van der Waals surface area contributed by atoms with Gasteiger partial charge < -0.3 is 45.5 Å². The van der Waals surface area contributed by atoms with Crippen molar-refractivity contribution in [1.29, 1.82) is 0 Å². The molecule has 1 fully saturated rings. The second-order valence-electron chi connectivity index (χ2n) is 10.4. The van der Waals surface area contributed by atoms with Gasteiger partial charge in [-0.2, -0.15) is 0 Å². The molecule has 0 spiro atoms. The van der Waals surface area contributed by atoms with Gasteiger partial charge in [-0.25, -0.2) is 0 Å². The van der Waals surface area contributed by atoms with Gasteiger partial charge >= 0.3 is 0 Å². The minimum Gasteiger partial charge on any atom is -0.507 e. The molecule has 0 saturated carbocycles. The molecule has 0 aromatic heterocycles. The molecule has 12 heteroatoms. The highest BCUT2D eigenvalue weighted by Crippen LogP contribution is 2.53. The van der Waals surface area contributed by atoms with Crippen molar-refractivity contribution in [2.75, 3.05) is 13.7 Å². The molecule has 0 bridgehead atoms. The summed E-state index contributed by atoms with van der Waals surface area (Å²) in [4.78, 5) is 39.8. The van der Waals surface area contributed by atoms with Crippen molar-refractivity contribution >= 4 is 17.3 Å². The van der Waals surface area contributed by atoms with Crippen LogP contribution in [0.3, 0.4) is 0 Å². The lowest BCUT2D eigenvalue weighted by atomic mass is 9.70. The predicted molar refractivity (Wildman–Crippen MR) is 132 cm³/mol. The van der Waals surface area contributed by atoms with Crippen LogP contribution in [0.25, 0.3) is 0 Å². The number of rotatable bonds is 5. The number of fused-ring (bicyclic) bond motifs is 3. The molecule has 0 radical (unpaired) electrons. The Hall–Kier alpha value is -3.13. The molecule has 210 valence electrons. The minimum atomic E-state index is -2.23. The summed E-state index contributed by atoms with van der Waals surface area (Å²) in [7, 11) is 1.37. The zero-order valence-electron chi connectivity index (χ0n) is 21.5. The number of hydrogen-bond donors (Lipinski definition) is 6. The van der Waals surface area contributed by atoms with Crippen LogP contribution in [0.5, 0.6) is 11.5 Å². The fourth-order valence-electron chi connectivity index (χ4n) is 6.01. The predicted octanol–water partition coefficient (Wildman–Crippen LogP) is 0.217. The first-order valence-corrected chi connectivity index (χ1v) is 12.7. The van der Waals surface area contributed by atoms with E-state index in [9.17, 15) is 39.9 Å². The quantitative estimate of drug-likeness (QED) is 0.275. The average Bonchev–Trinajstić information content (AvgIpc) is 2.90. The number of methoxy groups -OCH3 is 1. The number of carbonyl (C=O) groups excluding carboxylic acids is 3. The van der Waals surface area contributed by atoms with Crippen LogP contribution in [0.1, 0.15) is 70.6 Å². The minimum absolute atomic E-state index is 0.000501. The molecule has 39 heavy (non-hydrogen) atoms. The van der Waals surface area contributed by atoms with Gasteiger partial charge in [0, 0.05) is 48.4 Å². The fourth-order valence-corrected chi connectivity index (χ4v) is 6.01. The van der Waals surface area contributed by atoms with Gasteiger partial charge in [-0.05, 0) is 13.3 Å². The summed E-state index contributed by atoms with van der Waals surface area (Å²) in [6, 6.07) is -0.722. The lowest BCUT2D eigenvalue weighted by molar-refractivity contribution is -0.247. The number of ketones is 3. The van der Waals surface area contributed by atoms with E-state index in [0.29, 0.717) is 12.8 Å². The maximum atomic E-state index is 13.7. The number of nitrogens with two attached hydrogens (primary N) is 1. The van der Waals surface area contributed by atoms with Gasteiger partial charge in [0.25, 0.3) is 0 Å². The highest BCUT2D eigenvalue weighted by Gasteiger charge is 2.50. The van der Waals surface area contributed by atoms with Crippen LogP contribution in [0.15, 0.2) is 23.0 Å². The summed E-state index contributed by atoms with van der Waals surface area (Å²) in [5, 5.41) is 53.7. The van der Waals surface area contributed by atoms with Crippen molar-refractivity contribution in [2.24, 2.45) is 5.73 Å². The smallest absolute Gasteiger partial charge is 0.201 e. The number of phenols is 2. The number of aromatic hydroxyl groups is 2. The number of ether oxygens (including phenoxy) is 3. The molecular formula is C27H31NO11. The Labute approximate surface area is 223 Å². The standard InChI is InChI=1S/C27H31NO11/c1-10-22(31)13(28)6-17(38-10)39-15-8-27(36,16(30)9-29)7-12-19(15)26(35)21-20(24(12)33)23(32)11-4-3-5-14(37-2)18(11)25(21)34/h4,10,13,15,17,22,29,31,33,35-36H,3,5-9,28H2,1-2H3/t10-,13-,15-,17-,22-,27-/m0/s1. The summed E-state index contributed by atoms with van der Waals surface area (Å²) in [5.74, 6) is -3.43. The normalized spacial score (nSPS) is 32.3. The molecular weight excluding hydrogens is 514 g/mol. The van der Waals surface area contributed by atoms with E-state index in [0.717, 1.165) is 0 Å². The molecule has 1 saturated heterocycles. The molecule has 0 amide bonds. The third-order valence-corrected chi connectivity index (χ3v) is 8.07. The van der Waals surface area contributed by atoms with Crippen LogP contribution in [-0.4, -0.2) is 86.7 Å². The van der Waals surface area contributed by atoms with Gasteiger partial charge in [0.15, 0.2) is 17.9 Å². The number of Topliss-reactive ketones (excluding diaryl/α,β-unsaturated/α-hetero) is 3. The molecule has 1 heterocycles. The Morgan fingerprint density at radius 1 is 1.21 bits per heavy atom. The molecule has 4 aliphatic rings. The molecule has 1 aromatic rings. The van der Waals surface area contributed by atoms with Crippen LogP contribution in [-0.2, 0) is 25.4 Å². The zero-order chi connectivity index (χ0) is 28.4. The van der Waals surface area contributed by atoms with Crippen molar-refractivity contribution in [1.82, 2.24) is 0 Å². The second kappa shape index (κ2) is 9.81. The van der Waals surface area contributed by atoms with Gasteiger partial charge in [-0.1, -0.05) is 6.08 Å². The first-order chi connectivity index (χ1) is 18.4. The van der Waals surface area contributed by atoms with E-state index in [2.05, 4.69) is 0 Å². The number of aliphatic hydroxyl groups is 3. The van der Waals surface area contributed by atoms with Gasteiger partial charge in [-0.3, -0.25) is 14.4 Å². The van der Waals surface area contributed by atoms with E-state index in [-0.39, 0.29) is 34.5 Å². The van der Waals surface area contributed by atoms with Crippen LogP contribution in [0.2, 0.25) is 0 Å². The number of benzene rings is 1. The van der Waals surface area contributed by atoms with Gasteiger partial charge in [-0.15, -0.1) is 0 Å². The van der Waals surface area contributed by atoms with E-state index in [1.165, 1.54) is 7.11 Å². The van der Waals surface area contributed by atoms with Crippen molar-refractivity contribution < 1.29 is 54.1 Å². The summed E-state index contributed by atoms with van der Waals surface area (Å²) < 4.78 is 17.1. The number of carbonyl (C=O) groups is 3. The van der Waals surface area contributed by atoms with Gasteiger partial charge in [0.2, 0.25) is 5.78 Å². The van der Waals surface area contributed by atoms with Crippen LogP contribution < -0.4 is 5.73 Å². The Morgan fingerprint density at radius 2 is 1.90 bits per heavy atom. The SMILES string of the molecule is COC1=C2C(=O)c3c(O)c4c(c(O)c3C(=O)C2=CCC1)C[C@@](O)(C(=O)CO)C[C@@H]4O[C@H]1C[C@H](N)[C@@H](O)[C@H](C)O1. The molecule has 5 rings (SSSR count). The molecule has 6 atom stereocenters. The molecule has 7 N–H and O–H groups in total. The first kappa shape index (κ1) is 27.4. The van der Waals surface area contributed by atoms with Crippen LogP contribution in [0, 0.1) is 0 Å². The van der Waals surface area contributed by atoms with E-state index in [1.54, 1.807) is 13.0 Å². The highest BCUT2D eigenvalue weighted by atomic mass is 16.7. The highest BCUT2D eigenvalue weighted by molar-refractivity contribution is 6.33. The third-order valence-electron chi connectivity index (χ3n) is 8.07. The monoisotopic (exact) mass is 545 g/mol. The van der Waals surface area contributed by atoms with Crippen molar-refractivity contribution in [3.63, 3.8) is 0 Å². The van der Waals surface area contributed by atoms with Crippen molar-refractivity contribution in [2.45, 2.75) is 75.3 Å². The van der Waals surface area contributed by atoms with Crippen LogP contribution in [0.4, 0.5) is 0 Å². The summed E-state index contributed by atoms with van der Waals surface area (Å²) in [6.45, 7) is 0.573. The molecule has 0 unspecified atom stereocenters. The molecule has 12 nitrogen and oxygen atoms in total. The molecule has 1 aromatic carbocycles. The molecule has 1 aliphatic heterocycles. The lowest BCUT2D eigenvalue weighted by Gasteiger charge is -2.42. The Morgan fingerprint density at radius 3 is 2.54 bits per heavy atom. The number of hydrogen-bond acceptors (Lipinski definition) is 12. The fraction of sp³-hybridized carbons (Fsp3) is 0.519. The third kappa shape index (κ3) is 4.19. The van der Waals surface area contributed by atoms with E-state index >= 15 is 0 Å². The lowest BCUT2D eigenvalue weighted by Crippen LogP contribution is -2.53. The maximum absolute atomic E-state index is 13.7.